The van der Waals surface area contributed by atoms with Crippen molar-refractivity contribution in [3.63, 3.8) is 0 Å². The number of aliphatic hydroxyl groups excluding tert-OH is 1. The van der Waals surface area contributed by atoms with E-state index in [9.17, 15) is 9.90 Å². The van der Waals surface area contributed by atoms with Crippen LogP contribution in [0.15, 0.2) is 35.6 Å². The lowest BCUT2D eigenvalue weighted by Crippen LogP contribution is -2.42. The van der Waals surface area contributed by atoms with Gasteiger partial charge in [0.25, 0.3) is 0 Å². The zero-order chi connectivity index (χ0) is 28.5. The van der Waals surface area contributed by atoms with Gasteiger partial charge in [0.05, 0.1) is 6.61 Å². The number of esters is 1. The summed E-state index contributed by atoms with van der Waals surface area (Å²) in [5.41, 5.74) is -0.202. The van der Waals surface area contributed by atoms with Crippen LogP contribution in [0.3, 0.4) is 0 Å². The predicted molar refractivity (Wildman–Crippen MR) is 164 cm³/mol. The van der Waals surface area contributed by atoms with Gasteiger partial charge in [-0.3, -0.25) is 0 Å². The van der Waals surface area contributed by atoms with Crippen LogP contribution in [-0.4, -0.2) is 17.7 Å². The summed E-state index contributed by atoms with van der Waals surface area (Å²) in [4.78, 5) is 12.9. The largest absolute Gasteiger partial charge is 0.502 e. The Balaban J connectivity index is 2.31. The second kappa shape index (κ2) is 18.0. The standard InChI is InChI=1S/C35H62O3/c1-8-9-10-11-12-13-14-15-16-17-18-19-20-21-22-26-29-38-32(37)30(36)31(33(2,3)4)35(34(5,6)7)27-24-23-25-28-35/h23-25,27,36H,8-22,26,28-29H2,1-7H3. The highest BCUT2D eigenvalue weighted by molar-refractivity contribution is 5.87. The van der Waals surface area contributed by atoms with Crippen molar-refractivity contribution in [2.75, 3.05) is 6.61 Å². The molecule has 38 heavy (non-hydrogen) atoms. The summed E-state index contributed by atoms with van der Waals surface area (Å²) in [7, 11) is 0. The fourth-order valence-corrected chi connectivity index (χ4v) is 5.96. The lowest BCUT2D eigenvalue weighted by molar-refractivity contribution is -0.142. The van der Waals surface area contributed by atoms with Gasteiger partial charge < -0.3 is 9.84 Å². The van der Waals surface area contributed by atoms with Crippen molar-refractivity contribution in [1.29, 1.82) is 0 Å². The summed E-state index contributed by atoms with van der Waals surface area (Å²) < 4.78 is 5.56. The SMILES string of the molecule is CCCCCCCCCCCCCCCCCCOC(=O)C(O)=C(C(C)(C)C)C1(C(C)(C)C)C=CC=CC1. The molecule has 1 aliphatic carbocycles. The molecule has 0 aromatic rings. The van der Waals surface area contributed by atoms with E-state index in [4.69, 9.17) is 4.74 Å². The Hall–Kier alpha value is -1.51. The van der Waals surface area contributed by atoms with Crippen LogP contribution < -0.4 is 0 Å². The Morgan fingerprint density at radius 3 is 1.55 bits per heavy atom. The number of hydrogen-bond acceptors (Lipinski definition) is 3. The van der Waals surface area contributed by atoms with Gasteiger partial charge in [-0.15, -0.1) is 0 Å². The first-order chi connectivity index (χ1) is 18.0. The number of allylic oxidation sites excluding steroid dienone is 5. The van der Waals surface area contributed by atoms with Gasteiger partial charge in [0, 0.05) is 5.41 Å². The second-order valence-corrected chi connectivity index (χ2v) is 13.6. The van der Waals surface area contributed by atoms with Crippen LogP contribution in [0.5, 0.6) is 0 Å². The van der Waals surface area contributed by atoms with Crippen LogP contribution in [0.1, 0.15) is 158 Å². The minimum absolute atomic E-state index is 0.168. The maximum Gasteiger partial charge on any atom is 0.373 e. The highest BCUT2D eigenvalue weighted by Crippen LogP contribution is 2.56. The van der Waals surface area contributed by atoms with E-state index < -0.39 is 11.4 Å². The summed E-state index contributed by atoms with van der Waals surface area (Å²) in [6.07, 6.45) is 30.2. The zero-order valence-corrected chi connectivity index (χ0v) is 26.3. The maximum absolute atomic E-state index is 12.9. The molecule has 0 aromatic heterocycles. The number of carbonyl (C=O) groups is 1. The second-order valence-electron chi connectivity index (χ2n) is 13.6. The molecule has 0 aromatic carbocycles. The fourth-order valence-electron chi connectivity index (χ4n) is 5.96. The van der Waals surface area contributed by atoms with Gasteiger partial charge >= 0.3 is 5.97 Å². The average Bonchev–Trinajstić information content (AvgIpc) is 2.85. The summed E-state index contributed by atoms with van der Waals surface area (Å²) >= 11 is 0. The van der Waals surface area contributed by atoms with Gasteiger partial charge in [0.2, 0.25) is 5.76 Å². The molecule has 1 aliphatic rings. The zero-order valence-electron chi connectivity index (χ0n) is 26.3. The molecule has 1 atom stereocenters. The molecule has 3 nitrogen and oxygen atoms in total. The van der Waals surface area contributed by atoms with E-state index in [0.29, 0.717) is 6.61 Å². The average molecular weight is 531 g/mol. The van der Waals surface area contributed by atoms with E-state index in [1.54, 1.807) is 0 Å². The van der Waals surface area contributed by atoms with Crippen molar-refractivity contribution in [3.8, 4) is 0 Å². The summed E-state index contributed by atoms with van der Waals surface area (Å²) in [5, 5.41) is 11.2. The molecular formula is C35H62O3. The molecule has 0 saturated carbocycles. The van der Waals surface area contributed by atoms with E-state index in [0.717, 1.165) is 24.8 Å². The summed E-state index contributed by atoms with van der Waals surface area (Å²) in [5.74, 6) is -0.786. The van der Waals surface area contributed by atoms with Crippen molar-refractivity contribution in [2.24, 2.45) is 16.2 Å². The monoisotopic (exact) mass is 530 g/mol. The topological polar surface area (TPSA) is 46.5 Å². The molecule has 0 bridgehead atoms. The molecule has 220 valence electrons. The fraction of sp³-hybridized carbons (Fsp3) is 0.800. The van der Waals surface area contributed by atoms with Crippen LogP contribution in [0, 0.1) is 16.2 Å². The first kappa shape index (κ1) is 34.5. The van der Waals surface area contributed by atoms with Gasteiger partial charge in [-0.2, -0.15) is 0 Å². The van der Waals surface area contributed by atoms with Crippen molar-refractivity contribution in [3.05, 3.63) is 35.6 Å². The van der Waals surface area contributed by atoms with Crippen molar-refractivity contribution in [1.82, 2.24) is 0 Å². The van der Waals surface area contributed by atoms with Crippen molar-refractivity contribution >= 4 is 5.97 Å². The molecule has 0 spiro atoms. The third kappa shape index (κ3) is 12.1. The molecule has 1 rings (SSSR count). The Morgan fingerprint density at radius 2 is 1.18 bits per heavy atom. The third-order valence-electron chi connectivity index (χ3n) is 8.26. The Labute approximate surface area is 236 Å². The molecule has 0 aliphatic heterocycles. The number of ether oxygens (including phenoxy) is 1. The number of rotatable bonds is 19. The van der Waals surface area contributed by atoms with Crippen LogP contribution in [0.4, 0.5) is 0 Å². The van der Waals surface area contributed by atoms with Crippen molar-refractivity contribution < 1.29 is 14.6 Å². The van der Waals surface area contributed by atoms with Gasteiger partial charge in [0.15, 0.2) is 0 Å². The normalized spacial score (nSPS) is 18.5. The molecule has 3 heteroatoms. The highest BCUT2D eigenvalue weighted by Gasteiger charge is 2.49. The summed E-state index contributed by atoms with van der Waals surface area (Å²) in [6, 6.07) is 0. The Kier molecular flexibility index (Phi) is 16.3. The molecule has 0 amide bonds. The molecule has 1 unspecified atom stereocenters. The molecule has 0 saturated heterocycles. The van der Waals surface area contributed by atoms with E-state index in [-0.39, 0.29) is 16.6 Å². The Bertz CT molecular complexity index is 744. The van der Waals surface area contributed by atoms with E-state index >= 15 is 0 Å². The van der Waals surface area contributed by atoms with Crippen LogP contribution in [0.2, 0.25) is 0 Å². The van der Waals surface area contributed by atoms with Crippen LogP contribution in [-0.2, 0) is 9.53 Å². The van der Waals surface area contributed by atoms with E-state index in [1.165, 1.54) is 89.9 Å². The molecule has 0 fully saturated rings. The molecule has 1 N–H and O–H groups in total. The smallest absolute Gasteiger partial charge is 0.373 e. The van der Waals surface area contributed by atoms with Crippen LogP contribution in [0.25, 0.3) is 0 Å². The van der Waals surface area contributed by atoms with Crippen molar-refractivity contribution in [2.45, 2.75) is 158 Å². The third-order valence-corrected chi connectivity index (χ3v) is 8.26. The van der Waals surface area contributed by atoms with Crippen LogP contribution >= 0.6 is 0 Å². The maximum atomic E-state index is 12.9. The lowest BCUT2D eigenvalue weighted by Gasteiger charge is -2.49. The first-order valence-electron chi connectivity index (χ1n) is 15.9. The molecular weight excluding hydrogens is 468 g/mol. The molecule has 0 radical (unpaired) electrons. The number of aliphatic hydroxyl groups is 1. The van der Waals surface area contributed by atoms with E-state index in [2.05, 4.69) is 60.6 Å². The minimum Gasteiger partial charge on any atom is -0.502 e. The van der Waals surface area contributed by atoms with Gasteiger partial charge in [0.1, 0.15) is 0 Å². The van der Waals surface area contributed by atoms with Gasteiger partial charge in [-0.05, 0) is 29.2 Å². The first-order valence-corrected chi connectivity index (χ1v) is 15.9. The predicted octanol–water partition coefficient (Wildman–Crippen LogP) is 11.2. The van der Waals surface area contributed by atoms with E-state index in [1.807, 2.05) is 12.2 Å². The number of carbonyl (C=O) groups excluding carboxylic acids is 1. The minimum atomic E-state index is -0.581. The lowest BCUT2D eigenvalue weighted by atomic mass is 9.54. The number of unbranched alkanes of at least 4 members (excludes halogenated alkanes) is 15. The Morgan fingerprint density at radius 1 is 0.737 bits per heavy atom. The number of hydrogen-bond donors (Lipinski definition) is 1. The van der Waals surface area contributed by atoms with Gasteiger partial charge in [-0.1, -0.05) is 169 Å². The van der Waals surface area contributed by atoms with Gasteiger partial charge in [-0.25, -0.2) is 4.79 Å². The molecule has 0 heterocycles. The quantitative estimate of drug-likeness (QED) is 0.0781. The summed E-state index contributed by atoms with van der Waals surface area (Å²) in [6.45, 7) is 15.4. The highest BCUT2D eigenvalue weighted by atomic mass is 16.5.